The highest BCUT2D eigenvalue weighted by Gasteiger charge is 2.28. The van der Waals surface area contributed by atoms with Crippen LogP contribution in [0.2, 0.25) is 0 Å². The molecule has 0 saturated carbocycles. The number of rotatable bonds is 4. The van der Waals surface area contributed by atoms with Gasteiger partial charge in [-0.15, -0.1) is 0 Å². The number of phenolic OH excluding ortho intramolecular Hbond substituents is 1. The van der Waals surface area contributed by atoms with Gasteiger partial charge in [-0.05, 0) is 28.1 Å². The summed E-state index contributed by atoms with van der Waals surface area (Å²) in [6.45, 7) is 2.94. The maximum atomic E-state index is 12.9. The lowest BCUT2D eigenvalue weighted by Crippen LogP contribution is -2.45. The van der Waals surface area contributed by atoms with E-state index in [0.717, 1.165) is 17.6 Å². The van der Waals surface area contributed by atoms with Gasteiger partial charge >= 0.3 is 0 Å². The third-order valence-corrected chi connectivity index (χ3v) is 4.47. The van der Waals surface area contributed by atoms with Crippen LogP contribution in [0.4, 0.5) is 8.78 Å². The van der Waals surface area contributed by atoms with Crippen LogP contribution in [0.1, 0.15) is 18.0 Å². The molecule has 1 aliphatic heterocycles. The van der Waals surface area contributed by atoms with E-state index in [-0.39, 0.29) is 12.2 Å². The maximum absolute atomic E-state index is 12.9. The average Bonchev–Trinajstić information content (AvgIpc) is 2.41. The largest absolute Gasteiger partial charge is 0.506 e. The summed E-state index contributed by atoms with van der Waals surface area (Å²) >= 11 is 6.60. The molecule has 2 N–H and O–H groups in total. The fourth-order valence-electron chi connectivity index (χ4n) is 2.48. The number of benzene rings is 1. The molecule has 0 unspecified atom stereocenters. The molecule has 7 heteroatoms. The number of halogens is 4. The lowest BCUT2D eigenvalue weighted by atomic mass is 10.0. The molecule has 20 heavy (non-hydrogen) atoms. The predicted octanol–water partition coefficient (Wildman–Crippen LogP) is 3.52. The molecule has 1 aliphatic rings. The summed E-state index contributed by atoms with van der Waals surface area (Å²) < 4.78 is 27.1. The molecule has 1 heterocycles. The van der Waals surface area contributed by atoms with E-state index >= 15 is 0 Å². The van der Waals surface area contributed by atoms with Gasteiger partial charge in [0.1, 0.15) is 5.75 Å². The molecule has 2 rings (SSSR count). The third-order valence-electron chi connectivity index (χ3n) is 3.41. The van der Waals surface area contributed by atoms with E-state index in [4.69, 9.17) is 0 Å². The van der Waals surface area contributed by atoms with Crippen molar-refractivity contribution in [2.75, 3.05) is 26.2 Å². The second kappa shape index (κ2) is 7.15. The zero-order valence-corrected chi connectivity index (χ0v) is 13.9. The Bertz CT molecular complexity index is 468. The summed E-state index contributed by atoms with van der Waals surface area (Å²) in [7, 11) is 0. The van der Waals surface area contributed by atoms with Crippen molar-refractivity contribution in [1.29, 1.82) is 0 Å². The Hall–Kier alpha value is -0.240. The molecule has 1 fully saturated rings. The van der Waals surface area contributed by atoms with Gasteiger partial charge in [-0.1, -0.05) is 15.9 Å². The number of hydrogen-bond acceptors (Lipinski definition) is 3. The van der Waals surface area contributed by atoms with E-state index in [2.05, 4.69) is 37.2 Å². The first kappa shape index (κ1) is 16.1. The van der Waals surface area contributed by atoms with Crippen molar-refractivity contribution in [2.45, 2.75) is 18.9 Å². The molecule has 0 radical (unpaired) electrons. The van der Waals surface area contributed by atoms with Crippen molar-refractivity contribution in [3.05, 3.63) is 26.6 Å². The molecule has 3 nitrogen and oxygen atoms in total. The summed E-state index contributed by atoms with van der Waals surface area (Å²) in [5, 5.41) is 13.4. The van der Waals surface area contributed by atoms with Crippen LogP contribution < -0.4 is 5.32 Å². The second-order valence-corrected chi connectivity index (χ2v) is 6.52. The number of alkyl halides is 2. The fraction of sp³-hybridized carbons (Fsp3) is 0.538. The minimum Gasteiger partial charge on any atom is -0.506 e. The Morgan fingerprint density at radius 3 is 2.50 bits per heavy atom. The fourth-order valence-corrected chi connectivity index (χ4v) is 3.73. The van der Waals surface area contributed by atoms with Crippen LogP contribution >= 0.6 is 31.9 Å². The van der Waals surface area contributed by atoms with E-state index in [1.54, 1.807) is 12.1 Å². The van der Waals surface area contributed by atoms with Crippen molar-refractivity contribution in [3.63, 3.8) is 0 Å². The number of nitrogens with one attached hydrogen (secondary N) is 1. The molecule has 1 aromatic rings. The van der Waals surface area contributed by atoms with Gasteiger partial charge in [-0.3, -0.25) is 4.90 Å². The summed E-state index contributed by atoms with van der Waals surface area (Å²) in [5.41, 5.74) is 0.536. The van der Waals surface area contributed by atoms with Gasteiger partial charge in [0.05, 0.1) is 4.47 Å². The molecule has 0 amide bonds. The molecule has 0 spiro atoms. The van der Waals surface area contributed by atoms with Crippen LogP contribution in [0.15, 0.2) is 21.1 Å². The highest BCUT2D eigenvalue weighted by atomic mass is 79.9. The Kier molecular flexibility index (Phi) is 5.77. The highest BCUT2D eigenvalue weighted by Crippen LogP contribution is 2.39. The Morgan fingerprint density at radius 1 is 1.25 bits per heavy atom. The van der Waals surface area contributed by atoms with Crippen molar-refractivity contribution in [2.24, 2.45) is 0 Å². The van der Waals surface area contributed by atoms with Crippen LogP contribution in [-0.4, -0.2) is 42.6 Å². The van der Waals surface area contributed by atoms with E-state index < -0.39 is 12.5 Å². The lowest BCUT2D eigenvalue weighted by Gasteiger charge is -2.35. The Morgan fingerprint density at radius 2 is 1.90 bits per heavy atom. The van der Waals surface area contributed by atoms with Crippen LogP contribution in [0.25, 0.3) is 0 Å². The molecule has 0 aromatic heterocycles. The highest BCUT2D eigenvalue weighted by molar-refractivity contribution is 9.11. The van der Waals surface area contributed by atoms with Crippen molar-refractivity contribution in [3.8, 4) is 5.75 Å². The second-order valence-electron chi connectivity index (χ2n) is 4.75. The molecule has 1 aromatic carbocycles. The summed E-state index contributed by atoms with van der Waals surface area (Å²) in [6.07, 6.45) is -2.69. The molecule has 0 bridgehead atoms. The van der Waals surface area contributed by atoms with E-state index in [0.29, 0.717) is 23.1 Å². The normalized spacial score (nSPS) is 18.4. The standard InChI is InChI=1S/C13H16Br2F2N2O/c14-8-5-9(13(20)10(15)6-8)11(7-12(16)17)19-3-1-18-2-4-19/h5-6,11-12,18,20H,1-4,7H2/t11-/m1/s1. The zero-order valence-electron chi connectivity index (χ0n) is 10.8. The first-order valence-electron chi connectivity index (χ1n) is 6.40. The molecular weight excluding hydrogens is 398 g/mol. The molecule has 1 saturated heterocycles. The summed E-state index contributed by atoms with van der Waals surface area (Å²) in [6, 6.07) is 2.94. The van der Waals surface area contributed by atoms with Crippen LogP contribution in [0, 0.1) is 0 Å². The van der Waals surface area contributed by atoms with Crippen molar-refractivity contribution < 1.29 is 13.9 Å². The van der Waals surface area contributed by atoms with Crippen LogP contribution in [0.3, 0.4) is 0 Å². The molecule has 112 valence electrons. The monoisotopic (exact) mass is 412 g/mol. The van der Waals surface area contributed by atoms with Gasteiger partial charge in [0.2, 0.25) is 6.43 Å². The number of aromatic hydroxyl groups is 1. The smallest absolute Gasteiger partial charge is 0.240 e. The topological polar surface area (TPSA) is 35.5 Å². The lowest BCUT2D eigenvalue weighted by molar-refractivity contribution is 0.0729. The van der Waals surface area contributed by atoms with Gasteiger partial charge in [0, 0.05) is 48.7 Å². The van der Waals surface area contributed by atoms with Gasteiger partial charge in [-0.25, -0.2) is 8.78 Å². The molecule has 0 aliphatic carbocycles. The number of hydrogen-bond donors (Lipinski definition) is 2. The maximum Gasteiger partial charge on any atom is 0.240 e. The van der Waals surface area contributed by atoms with E-state index in [1.807, 2.05) is 4.90 Å². The van der Waals surface area contributed by atoms with Crippen LogP contribution in [0.5, 0.6) is 5.75 Å². The quantitative estimate of drug-likeness (QED) is 0.792. The Labute approximate surface area is 133 Å². The van der Waals surface area contributed by atoms with Gasteiger partial charge < -0.3 is 10.4 Å². The van der Waals surface area contributed by atoms with Gasteiger partial charge in [0.25, 0.3) is 0 Å². The molecule has 1 atom stereocenters. The number of phenols is 1. The summed E-state index contributed by atoms with van der Waals surface area (Å²) in [4.78, 5) is 2.00. The van der Waals surface area contributed by atoms with Crippen molar-refractivity contribution in [1.82, 2.24) is 10.2 Å². The first-order valence-corrected chi connectivity index (χ1v) is 7.98. The van der Waals surface area contributed by atoms with E-state index in [9.17, 15) is 13.9 Å². The first-order chi connectivity index (χ1) is 9.49. The number of piperazine rings is 1. The minimum atomic E-state index is -2.41. The molecular formula is C13H16Br2F2N2O. The zero-order chi connectivity index (χ0) is 14.7. The van der Waals surface area contributed by atoms with Crippen molar-refractivity contribution >= 4 is 31.9 Å². The Balaban J connectivity index is 2.34. The number of nitrogens with zero attached hydrogens (tertiary/aromatic N) is 1. The van der Waals surface area contributed by atoms with Gasteiger partial charge in [-0.2, -0.15) is 0 Å². The van der Waals surface area contributed by atoms with E-state index in [1.165, 1.54) is 0 Å². The predicted molar refractivity (Wildman–Crippen MR) is 81.3 cm³/mol. The summed E-state index contributed by atoms with van der Waals surface area (Å²) in [5.74, 6) is 0.0392. The minimum absolute atomic E-state index is 0.0392. The third kappa shape index (κ3) is 3.90. The van der Waals surface area contributed by atoms with Gasteiger partial charge in [0.15, 0.2) is 0 Å². The van der Waals surface area contributed by atoms with Crippen LogP contribution in [-0.2, 0) is 0 Å². The SMILES string of the molecule is Oc1c(Br)cc(Br)cc1[C@@H](CC(F)F)N1CCNCC1. The average molecular weight is 414 g/mol.